The van der Waals surface area contributed by atoms with Crippen LogP contribution in [0.25, 0.3) is 0 Å². The zero-order chi connectivity index (χ0) is 15.4. The number of carboxylic acid groups (broad SMARTS) is 1. The second kappa shape index (κ2) is 6.43. The number of amides is 1. The van der Waals surface area contributed by atoms with Gasteiger partial charge in [-0.3, -0.25) is 9.88 Å². The molecule has 1 aromatic heterocycles. The highest BCUT2D eigenvalue weighted by molar-refractivity contribution is 5.80. The van der Waals surface area contributed by atoms with Gasteiger partial charge in [-0.25, -0.2) is 4.79 Å². The molecule has 0 aliphatic carbocycles. The summed E-state index contributed by atoms with van der Waals surface area (Å²) in [6.07, 6.45) is 1.06. The van der Waals surface area contributed by atoms with Crippen molar-refractivity contribution in [3.8, 4) is 0 Å². The number of hydrogen-bond acceptors (Lipinski definition) is 6. The number of carbonyl (C=O) groups excluding carboxylic acids is 2. The fourth-order valence-corrected chi connectivity index (χ4v) is 2.37. The lowest BCUT2D eigenvalue weighted by Gasteiger charge is -2.42. The molecule has 1 atom stereocenters. The number of carboxylic acids is 1. The summed E-state index contributed by atoms with van der Waals surface area (Å²) in [6.45, 7) is 4.74. The molecule has 114 valence electrons. The van der Waals surface area contributed by atoms with Crippen molar-refractivity contribution < 1.29 is 19.4 Å². The van der Waals surface area contributed by atoms with E-state index in [0.717, 1.165) is 11.4 Å². The monoisotopic (exact) mass is 292 g/mol. The topological polar surface area (TPSA) is 85.8 Å². The number of nitrogens with zero attached hydrogens (tertiary/aromatic N) is 3. The Kier molecular flexibility index (Phi) is 4.62. The van der Waals surface area contributed by atoms with Crippen molar-refractivity contribution in [2.45, 2.75) is 19.9 Å². The first-order valence-corrected chi connectivity index (χ1v) is 6.84. The second-order valence-electron chi connectivity index (χ2n) is 4.83. The Balaban J connectivity index is 2.15. The van der Waals surface area contributed by atoms with E-state index in [1.165, 1.54) is 4.90 Å². The Labute approximate surface area is 123 Å². The fraction of sp³-hybridized carbons (Fsp3) is 0.500. The van der Waals surface area contributed by atoms with E-state index in [9.17, 15) is 14.7 Å². The molecule has 0 bridgehead atoms. The van der Waals surface area contributed by atoms with E-state index in [-0.39, 0.29) is 19.7 Å². The number of anilines is 1. The molecule has 7 heteroatoms. The van der Waals surface area contributed by atoms with E-state index >= 15 is 0 Å². The predicted molar refractivity (Wildman–Crippen MR) is 73.7 cm³/mol. The van der Waals surface area contributed by atoms with E-state index in [1.807, 2.05) is 24.0 Å². The molecular formula is C14H18N3O4-. The minimum Gasteiger partial charge on any atom is -0.548 e. The van der Waals surface area contributed by atoms with Gasteiger partial charge in [0.2, 0.25) is 0 Å². The van der Waals surface area contributed by atoms with Crippen LogP contribution in [0, 0.1) is 6.92 Å². The summed E-state index contributed by atoms with van der Waals surface area (Å²) in [4.78, 5) is 30.3. The standard InChI is InChI=1S/C14H19N3O4/c1-3-21-14(20)17-7-6-16(9-12(17)13(18)19)11-4-5-15-10(2)8-11/h4-5,8,12H,3,6-7,9H2,1-2H3,(H,18,19)/p-1. The molecule has 7 nitrogen and oxygen atoms in total. The van der Waals surface area contributed by atoms with Gasteiger partial charge in [0.15, 0.2) is 0 Å². The summed E-state index contributed by atoms with van der Waals surface area (Å²) in [5.41, 5.74) is 1.74. The van der Waals surface area contributed by atoms with Gasteiger partial charge in [0.1, 0.15) is 0 Å². The van der Waals surface area contributed by atoms with Crippen LogP contribution in [0.4, 0.5) is 10.5 Å². The first-order valence-electron chi connectivity index (χ1n) is 6.84. The predicted octanol–water partition coefficient (Wildman–Crippen LogP) is -0.213. The Morgan fingerprint density at radius 3 is 2.86 bits per heavy atom. The molecule has 1 saturated heterocycles. The van der Waals surface area contributed by atoms with Crippen molar-refractivity contribution in [3.63, 3.8) is 0 Å². The molecule has 1 amide bonds. The first-order chi connectivity index (χ1) is 10.0. The zero-order valence-electron chi connectivity index (χ0n) is 12.1. The number of piperazine rings is 1. The largest absolute Gasteiger partial charge is 0.548 e. The number of aromatic nitrogens is 1. The summed E-state index contributed by atoms with van der Waals surface area (Å²) in [6, 6.07) is 2.68. The Morgan fingerprint density at radius 1 is 1.48 bits per heavy atom. The lowest BCUT2D eigenvalue weighted by Crippen LogP contribution is -2.61. The average Bonchev–Trinajstić information content (AvgIpc) is 2.46. The molecule has 0 radical (unpaired) electrons. The normalized spacial score (nSPS) is 18.5. The maximum absolute atomic E-state index is 11.8. The Morgan fingerprint density at radius 2 is 2.24 bits per heavy atom. The van der Waals surface area contributed by atoms with Gasteiger partial charge in [-0.15, -0.1) is 0 Å². The molecule has 1 unspecified atom stereocenters. The molecule has 0 aromatic carbocycles. The number of pyridine rings is 1. The van der Waals surface area contributed by atoms with Gasteiger partial charge in [-0.05, 0) is 26.0 Å². The van der Waals surface area contributed by atoms with Gasteiger partial charge in [-0.1, -0.05) is 0 Å². The van der Waals surface area contributed by atoms with E-state index in [2.05, 4.69) is 4.98 Å². The molecule has 0 saturated carbocycles. The Bertz CT molecular complexity index is 535. The minimum absolute atomic E-state index is 0.171. The maximum atomic E-state index is 11.8. The molecule has 2 heterocycles. The van der Waals surface area contributed by atoms with Crippen LogP contribution in [0.15, 0.2) is 18.3 Å². The van der Waals surface area contributed by atoms with Crippen molar-refractivity contribution in [1.82, 2.24) is 9.88 Å². The van der Waals surface area contributed by atoms with E-state index in [1.54, 1.807) is 13.1 Å². The highest BCUT2D eigenvalue weighted by Crippen LogP contribution is 2.20. The summed E-state index contributed by atoms with van der Waals surface area (Å²) in [5.74, 6) is -1.28. The number of aliphatic carboxylic acids is 1. The van der Waals surface area contributed by atoms with Crippen molar-refractivity contribution in [1.29, 1.82) is 0 Å². The van der Waals surface area contributed by atoms with Gasteiger partial charge in [0.05, 0.1) is 18.6 Å². The third-order valence-corrected chi connectivity index (χ3v) is 3.40. The summed E-state index contributed by atoms with van der Waals surface area (Å²) < 4.78 is 4.89. The number of aryl methyl sites for hydroxylation is 1. The van der Waals surface area contributed by atoms with E-state index in [4.69, 9.17) is 4.74 Å². The molecule has 1 aliphatic heterocycles. The van der Waals surface area contributed by atoms with Gasteiger partial charge in [-0.2, -0.15) is 0 Å². The smallest absolute Gasteiger partial charge is 0.410 e. The van der Waals surface area contributed by atoms with Crippen LogP contribution in [0.2, 0.25) is 0 Å². The number of ether oxygens (including phenoxy) is 1. The lowest BCUT2D eigenvalue weighted by molar-refractivity contribution is -0.311. The van der Waals surface area contributed by atoms with Crippen molar-refractivity contribution in [2.75, 3.05) is 31.1 Å². The van der Waals surface area contributed by atoms with Gasteiger partial charge >= 0.3 is 6.09 Å². The third kappa shape index (κ3) is 3.42. The fourth-order valence-electron chi connectivity index (χ4n) is 2.37. The summed E-state index contributed by atoms with van der Waals surface area (Å²) in [5, 5.41) is 11.3. The van der Waals surface area contributed by atoms with Crippen LogP contribution in [0.1, 0.15) is 12.6 Å². The maximum Gasteiger partial charge on any atom is 0.410 e. The van der Waals surface area contributed by atoms with Crippen LogP contribution in [0.5, 0.6) is 0 Å². The highest BCUT2D eigenvalue weighted by atomic mass is 16.6. The third-order valence-electron chi connectivity index (χ3n) is 3.40. The van der Waals surface area contributed by atoms with E-state index in [0.29, 0.717) is 6.54 Å². The van der Waals surface area contributed by atoms with Crippen LogP contribution in [-0.4, -0.2) is 54.2 Å². The molecule has 1 fully saturated rings. The SMILES string of the molecule is CCOC(=O)N1CCN(c2ccnc(C)c2)CC1C(=O)[O-]. The zero-order valence-corrected chi connectivity index (χ0v) is 12.1. The molecule has 1 aliphatic rings. The van der Waals surface area contributed by atoms with Crippen LogP contribution in [-0.2, 0) is 9.53 Å². The minimum atomic E-state index is -1.28. The second-order valence-corrected chi connectivity index (χ2v) is 4.83. The van der Waals surface area contributed by atoms with Crippen LogP contribution >= 0.6 is 0 Å². The van der Waals surface area contributed by atoms with Crippen molar-refractivity contribution >= 4 is 17.7 Å². The summed E-state index contributed by atoms with van der Waals surface area (Å²) in [7, 11) is 0. The van der Waals surface area contributed by atoms with Gasteiger partial charge < -0.3 is 19.5 Å². The molecule has 21 heavy (non-hydrogen) atoms. The first kappa shape index (κ1) is 15.1. The highest BCUT2D eigenvalue weighted by Gasteiger charge is 2.32. The van der Waals surface area contributed by atoms with Gasteiger partial charge in [0.25, 0.3) is 0 Å². The molecular weight excluding hydrogens is 274 g/mol. The van der Waals surface area contributed by atoms with Crippen LogP contribution < -0.4 is 10.0 Å². The van der Waals surface area contributed by atoms with E-state index < -0.39 is 18.1 Å². The van der Waals surface area contributed by atoms with Crippen molar-refractivity contribution in [2.24, 2.45) is 0 Å². The number of rotatable bonds is 3. The lowest BCUT2D eigenvalue weighted by atomic mass is 10.1. The Hall–Kier alpha value is -2.31. The molecule has 0 spiro atoms. The quantitative estimate of drug-likeness (QED) is 0.766. The van der Waals surface area contributed by atoms with Crippen LogP contribution in [0.3, 0.4) is 0 Å². The van der Waals surface area contributed by atoms with Crippen molar-refractivity contribution in [3.05, 3.63) is 24.0 Å². The number of hydrogen-bond donors (Lipinski definition) is 0. The number of carbonyl (C=O) groups is 2. The summed E-state index contributed by atoms with van der Waals surface area (Å²) >= 11 is 0. The molecule has 2 rings (SSSR count). The van der Waals surface area contributed by atoms with Gasteiger partial charge in [0, 0.05) is 37.2 Å². The molecule has 0 N–H and O–H groups in total. The molecule has 1 aromatic rings. The average molecular weight is 292 g/mol.